The first-order valence-electron chi connectivity index (χ1n) is 5.52. The topological polar surface area (TPSA) is 29.5 Å². The molecule has 0 bridgehead atoms. The summed E-state index contributed by atoms with van der Waals surface area (Å²) in [5, 5.41) is 9.08. The van der Waals surface area contributed by atoms with Crippen molar-refractivity contribution in [1.82, 2.24) is 0 Å². The Morgan fingerprint density at radius 3 is 2.85 bits per heavy atom. The lowest BCUT2D eigenvalue weighted by molar-refractivity contribution is -0.0279. The molecule has 1 fully saturated rings. The number of aliphatic hydroxyl groups excluding tert-OH is 1. The molecular formula is C11H22O2. The van der Waals surface area contributed by atoms with Gasteiger partial charge in [-0.1, -0.05) is 26.2 Å². The highest BCUT2D eigenvalue weighted by molar-refractivity contribution is 4.72. The SMILES string of the molecule is CCC1CCCC(OC[C@H](C)O)C1. The molecule has 2 unspecified atom stereocenters. The van der Waals surface area contributed by atoms with E-state index in [1.54, 1.807) is 6.92 Å². The van der Waals surface area contributed by atoms with Crippen molar-refractivity contribution < 1.29 is 9.84 Å². The van der Waals surface area contributed by atoms with Gasteiger partial charge in [-0.25, -0.2) is 0 Å². The molecule has 0 aromatic rings. The van der Waals surface area contributed by atoms with Gasteiger partial charge in [-0.3, -0.25) is 0 Å². The molecule has 0 saturated heterocycles. The second-order valence-corrected chi connectivity index (χ2v) is 4.25. The summed E-state index contributed by atoms with van der Waals surface area (Å²) in [5.74, 6) is 0.854. The standard InChI is InChI=1S/C11H22O2/c1-3-10-5-4-6-11(7-10)13-8-9(2)12/h9-12H,3-8H2,1-2H3/t9-,10?,11?/m0/s1. The first kappa shape index (κ1) is 11.0. The summed E-state index contributed by atoms with van der Waals surface area (Å²) in [6.45, 7) is 4.53. The molecule has 78 valence electrons. The summed E-state index contributed by atoms with van der Waals surface area (Å²) < 4.78 is 5.63. The largest absolute Gasteiger partial charge is 0.391 e. The van der Waals surface area contributed by atoms with Crippen LogP contribution in [0.1, 0.15) is 46.0 Å². The smallest absolute Gasteiger partial charge is 0.0745 e. The Morgan fingerprint density at radius 1 is 1.46 bits per heavy atom. The first-order chi connectivity index (χ1) is 6.22. The fourth-order valence-corrected chi connectivity index (χ4v) is 2.04. The van der Waals surface area contributed by atoms with E-state index in [1.165, 1.54) is 32.1 Å². The second-order valence-electron chi connectivity index (χ2n) is 4.25. The van der Waals surface area contributed by atoms with Gasteiger partial charge in [0.15, 0.2) is 0 Å². The zero-order valence-corrected chi connectivity index (χ0v) is 8.83. The van der Waals surface area contributed by atoms with E-state index in [-0.39, 0.29) is 6.10 Å². The maximum atomic E-state index is 9.08. The van der Waals surface area contributed by atoms with Crippen LogP contribution in [0.25, 0.3) is 0 Å². The van der Waals surface area contributed by atoms with E-state index >= 15 is 0 Å². The molecule has 2 heteroatoms. The lowest BCUT2D eigenvalue weighted by Gasteiger charge is -2.28. The van der Waals surface area contributed by atoms with E-state index in [9.17, 15) is 0 Å². The molecule has 0 aromatic carbocycles. The highest BCUT2D eigenvalue weighted by Gasteiger charge is 2.21. The van der Waals surface area contributed by atoms with Crippen LogP contribution in [-0.2, 0) is 4.74 Å². The molecule has 1 aliphatic rings. The molecule has 1 aliphatic carbocycles. The molecule has 1 saturated carbocycles. The third-order valence-electron chi connectivity index (χ3n) is 2.89. The summed E-state index contributed by atoms with van der Waals surface area (Å²) in [5.41, 5.74) is 0. The maximum absolute atomic E-state index is 9.08. The van der Waals surface area contributed by atoms with Crippen LogP contribution in [0.3, 0.4) is 0 Å². The van der Waals surface area contributed by atoms with Gasteiger partial charge in [0.2, 0.25) is 0 Å². The summed E-state index contributed by atoms with van der Waals surface area (Å²) in [4.78, 5) is 0. The molecule has 0 amide bonds. The summed E-state index contributed by atoms with van der Waals surface area (Å²) in [6, 6.07) is 0. The monoisotopic (exact) mass is 186 g/mol. The molecule has 0 radical (unpaired) electrons. The molecule has 1 N–H and O–H groups in total. The van der Waals surface area contributed by atoms with E-state index in [0.717, 1.165) is 5.92 Å². The normalized spacial score (nSPS) is 31.6. The zero-order chi connectivity index (χ0) is 9.68. The summed E-state index contributed by atoms with van der Waals surface area (Å²) >= 11 is 0. The zero-order valence-electron chi connectivity index (χ0n) is 8.83. The lowest BCUT2D eigenvalue weighted by Crippen LogP contribution is -2.25. The van der Waals surface area contributed by atoms with E-state index in [1.807, 2.05) is 0 Å². The van der Waals surface area contributed by atoms with E-state index in [4.69, 9.17) is 9.84 Å². The molecule has 0 aromatic heterocycles. The van der Waals surface area contributed by atoms with Gasteiger partial charge < -0.3 is 9.84 Å². The number of ether oxygens (including phenoxy) is 1. The van der Waals surface area contributed by atoms with Crippen LogP contribution in [0.4, 0.5) is 0 Å². The summed E-state index contributed by atoms with van der Waals surface area (Å²) in [6.07, 6.45) is 6.41. The molecule has 0 spiro atoms. The van der Waals surface area contributed by atoms with Crippen molar-refractivity contribution in [2.24, 2.45) is 5.92 Å². The Balaban J connectivity index is 2.18. The van der Waals surface area contributed by atoms with Gasteiger partial charge >= 0.3 is 0 Å². The minimum Gasteiger partial charge on any atom is -0.391 e. The second kappa shape index (κ2) is 5.61. The van der Waals surface area contributed by atoms with Gasteiger partial charge in [0, 0.05) is 0 Å². The highest BCUT2D eigenvalue weighted by atomic mass is 16.5. The minimum absolute atomic E-state index is 0.318. The van der Waals surface area contributed by atoms with Crippen molar-refractivity contribution in [3.63, 3.8) is 0 Å². The predicted octanol–water partition coefficient (Wildman–Crippen LogP) is 2.35. The fourth-order valence-electron chi connectivity index (χ4n) is 2.04. The molecule has 0 aliphatic heterocycles. The van der Waals surface area contributed by atoms with Crippen molar-refractivity contribution in [2.75, 3.05) is 6.61 Å². The van der Waals surface area contributed by atoms with Gasteiger partial charge in [0.1, 0.15) is 0 Å². The van der Waals surface area contributed by atoms with Crippen LogP contribution < -0.4 is 0 Å². The Bertz CT molecular complexity index is 134. The molecular weight excluding hydrogens is 164 g/mol. The first-order valence-corrected chi connectivity index (χ1v) is 5.52. The summed E-state index contributed by atoms with van der Waals surface area (Å²) in [7, 11) is 0. The number of hydrogen-bond donors (Lipinski definition) is 1. The third kappa shape index (κ3) is 4.10. The van der Waals surface area contributed by atoms with Gasteiger partial charge in [-0.2, -0.15) is 0 Å². The average Bonchev–Trinajstić information content (AvgIpc) is 2.15. The molecule has 13 heavy (non-hydrogen) atoms. The third-order valence-corrected chi connectivity index (χ3v) is 2.89. The minimum atomic E-state index is -0.318. The van der Waals surface area contributed by atoms with Crippen molar-refractivity contribution in [1.29, 1.82) is 0 Å². The van der Waals surface area contributed by atoms with E-state index < -0.39 is 0 Å². The van der Waals surface area contributed by atoms with Crippen molar-refractivity contribution in [2.45, 2.75) is 58.2 Å². The fraction of sp³-hybridized carbons (Fsp3) is 1.00. The van der Waals surface area contributed by atoms with Crippen LogP contribution in [-0.4, -0.2) is 23.9 Å². The molecule has 0 heterocycles. The number of aliphatic hydroxyl groups is 1. The van der Waals surface area contributed by atoms with Crippen LogP contribution >= 0.6 is 0 Å². The lowest BCUT2D eigenvalue weighted by atomic mass is 9.85. The predicted molar refractivity (Wildman–Crippen MR) is 53.7 cm³/mol. The molecule has 1 rings (SSSR count). The quantitative estimate of drug-likeness (QED) is 0.730. The van der Waals surface area contributed by atoms with Crippen LogP contribution in [0, 0.1) is 5.92 Å². The van der Waals surface area contributed by atoms with Gasteiger partial charge in [-0.15, -0.1) is 0 Å². The highest BCUT2D eigenvalue weighted by Crippen LogP contribution is 2.28. The van der Waals surface area contributed by atoms with Crippen molar-refractivity contribution in [3.8, 4) is 0 Å². The van der Waals surface area contributed by atoms with Crippen LogP contribution in [0.15, 0.2) is 0 Å². The number of hydrogen-bond acceptors (Lipinski definition) is 2. The Morgan fingerprint density at radius 2 is 2.23 bits per heavy atom. The van der Waals surface area contributed by atoms with Crippen LogP contribution in [0.5, 0.6) is 0 Å². The number of rotatable bonds is 4. The van der Waals surface area contributed by atoms with Gasteiger partial charge in [0.05, 0.1) is 18.8 Å². The Kier molecular flexibility index (Phi) is 4.74. The maximum Gasteiger partial charge on any atom is 0.0745 e. The van der Waals surface area contributed by atoms with E-state index in [2.05, 4.69) is 6.92 Å². The van der Waals surface area contributed by atoms with Gasteiger partial charge in [-0.05, 0) is 25.7 Å². The van der Waals surface area contributed by atoms with Gasteiger partial charge in [0.25, 0.3) is 0 Å². The molecule has 3 atom stereocenters. The Hall–Kier alpha value is -0.0800. The van der Waals surface area contributed by atoms with E-state index in [0.29, 0.717) is 12.7 Å². The van der Waals surface area contributed by atoms with Crippen molar-refractivity contribution in [3.05, 3.63) is 0 Å². The Labute approximate surface area is 81.3 Å². The average molecular weight is 186 g/mol. The van der Waals surface area contributed by atoms with Crippen LogP contribution in [0.2, 0.25) is 0 Å². The van der Waals surface area contributed by atoms with Crippen molar-refractivity contribution >= 4 is 0 Å². The molecule has 2 nitrogen and oxygen atoms in total.